The number of benzene rings is 3. The monoisotopic (exact) mass is 454 g/mol. The van der Waals surface area contributed by atoms with Gasteiger partial charge < -0.3 is 8.92 Å². The second-order valence-electron chi connectivity index (χ2n) is 6.15. The van der Waals surface area contributed by atoms with E-state index in [1.54, 1.807) is 18.2 Å². The molecule has 1 N–H and O–H groups in total. The zero-order valence-electron chi connectivity index (χ0n) is 18.4. The van der Waals surface area contributed by atoms with Crippen LogP contribution in [0.5, 0.6) is 5.75 Å². The van der Waals surface area contributed by atoms with Crippen molar-refractivity contribution in [3.63, 3.8) is 0 Å². The molecular weight excluding hydrogens is 424 g/mol. The van der Waals surface area contributed by atoms with Crippen LogP contribution >= 0.6 is 0 Å². The van der Waals surface area contributed by atoms with Crippen LogP contribution in [0.2, 0.25) is 0 Å². The van der Waals surface area contributed by atoms with Crippen LogP contribution in [0.3, 0.4) is 0 Å². The summed E-state index contributed by atoms with van der Waals surface area (Å²) in [6, 6.07) is 28.3. The second-order valence-corrected chi connectivity index (χ2v) is 7.17. The molecule has 0 aliphatic rings. The molecule has 0 bridgehead atoms. The first kappa shape index (κ1) is 26.8. The van der Waals surface area contributed by atoms with Gasteiger partial charge >= 0.3 is 10.4 Å². The van der Waals surface area contributed by atoms with Crippen LogP contribution < -0.4 is 4.18 Å². The van der Waals surface area contributed by atoms with E-state index in [1.165, 1.54) is 23.3 Å². The molecule has 32 heavy (non-hydrogen) atoms. The standard InChI is InChI=1S/C16H14.C6H6O4S.C4H10O/c1-3-9-15(10-4-1)13-7-8-14-16-11-5-2-6-12-16;7-11(8,9)10-6-4-2-1-3-5-6;1-3-5-4-2/h1-14H;1-5H,(H,7,8,9);3-4H2,1-2H3/b13-7+,14-8+;;. The van der Waals surface area contributed by atoms with Crippen molar-refractivity contribution in [2.45, 2.75) is 13.8 Å². The van der Waals surface area contributed by atoms with Crippen molar-refractivity contribution in [2.24, 2.45) is 0 Å². The average Bonchev–Trinajstić information content (AvgIpc) is 2.79. The van der Waals surface area contributed by atoms with E-state index >= 15 is 0 Å². The Balaban J connectivity index is 0.000000278. The number of allylic oxidation sites excluding steroid dienone is 2. The highest BCUT2D eigenvalue weighted by Crippen LogP contribution is 2.09. The van der Waals surface area contributed by atoms with E-state index < -0.39 is 10.4 Å². The Morgan fingerprint density at radius 3 is 1.38 bits per heavy atom. The maximum absolute atomic E-state index is 10.1. The fourth-order valence-electron chi connectivity index (χ4n) is 2.26. The highest BCUT2D eigenvalue weighted by molar-refractivity contribution is 7.81. The van der Waals surface area contributed by atoms with Gasteiger partial charge in [0.2, 0.25) is 0 Å². The van der Waals surface area contributed by atoms with E-state index in [0.717, 1.165) is 13.2 Å². The molecule has 0 saturated heterocycles. The van der Waals surface area contributed by atoms with Crippen LogP contribution in [-0.2, 0) is 15.1 Å². The number of para-hydroxylation sites is 1. The molecule has 6 heteroatoms. The Kier molecular flexibility index (Phi) is 13.8. The summed E-state index contributed by atoms with van der Waals surface area (Å²) in [4.78, 5) is 0. The summed E-state index contributed by atoms with van der Waals surface area (Å²) in [6.07, 6.45) is 8.31. The first-order valence-electron chi connectivity index (χ1n) is 10.2. The van der Waals surface area contributed by atoms with Gasteiger partial charge in [0, 0.05) is 13.2 Å². The fraction of sp³-hybridized carbons (Fsp3) is 0.154. The minimum Gasteiger partial charge on any atom is -0.382 e. The van der Waals surface area contributed by atoms with Gasteiger partial charge in [0.15, 0.2) is 0 Å². The summed E-state index contributed by atoms with van der Waals surface area (Å²) in [6.45, 7) is 5.67. The molecule has 0 saturated carbocycles. The van der Waals surface area contributed by atoms with Crippen molar-refractivity contribution < 1.29 is 21.9 Å². The molecule has 3 rings (SSSR count). The molecular formula is C26H30O5S. The predicted octanol–water partition coefficient (Wildman–Crippen LogP) is 6.32. The van der Waals surface area contributed by atoms with Crippen LogP contribution in [0.25, 0.3) is 12.2 Å². The number of hydrogen-bond donors (Lipinski definition) is 1. The van der Waals surface area contributed by atoms with Crippen molar-refractivity contribution in [1.29, 1.82) is 0 Å². The van der Waals surface area contributed by atoms with Crippen molar-refractivity contribution in [3.05, 3.63) is 114 Å². The number of rotatable bonds is 7. The van der Waals surface area contributed by atoms with Gasteiger partial charge in [-0.3, -0.25) is 4.55 Å². The molecule has 0 radical (unpaired) electrons. The molecule has 0 fully saturated rings. The van der Waals surface area contributed by atoms with Crippen molar-refractivity contribution in [2.75, 3.05) is 13.2 Å². The lowest BCUT2D eigenvalue weighted by Crippen LogP contribution is -2.06. The van der Waals surface area contributed by atoms with Crippen molar-refractivity contribution in [1.82, 2.24) is 0 Å². The van der Waals surface area contributed by atoms with Crippen LogP contribution in [0, 0.1) is 0 Å². The Labute approximate surface area is 191 Å². The quantitative estimate of drug-likeness (QED) is 0.334. The highest BCUT2D eigenvalue weighted by atomic mass is 32.3. The summed E-state index contributed by atoms with van der Waals surface area (Å²) < 4.78 is 37.5. The van der Waals surface area contributed by atoms with Gasteiger partial charge in [-0.2, -0.15) is 8.42 Å². The maximum Gasteiger partial charge on any atom is 0.446 e. The summed E-state index contributed by atoms with van der Waals surface area (Å²) in [5, 5.41) is 0. The van der Waals surface area contributed by atoms with Gasteiger partial charge in [-0.1, -0.05) is 103 Å². The first-order chi connectivity index (χ1) is 15.4. The fourth-order valence-corrected chi connectivity index (χ4v) is 2.62. The van der Waals surface area contributed by atoms with Crippen LogP contribution in [0.1, 0.15) is 25.0 Å². The lowest BCUT2D eigenvalue weighted by Gasteiger charge is -1.98. The first-order valence-corrected chi connectivity index (χ1v) is 11.6. The molecule has 0 amide bonds. The van der Waals surface area contributed by atoms with Crippen LogP contribution in [0.15, 0.2) is 103 Å². The normalized spacial score (nSPS) is 10.7. The van der Waals surface area contributed by atoms with Crippen molar-refractivity contribution in [3.8, 4) is 5.75 Å². The van der Waals surface area contributed by atoms with Gasteiger partial charge in [-0.05, 0) is 37.1 Å². The minimum atomic E-state index is -4.38. The Morgan fingerprint density at radius 2 is 1.06 bits per heavy atom. The maximum atomic E-state index is 10.1. The third kappa shape index (κ3) is 14.7. The zero-order chi connectivity index (χ0) is 23.5. The Hall–Kier alpha value is -3.19. The highest BCUT2D eigenvalue weighted by Gasteiger charge is 2.04. The molecule has 0 heterocycles. The SMILES string of the molecule is C(/C=C/c1ccccc1)=C\c1ccccc1.CCOCC.O=S(=O)(O)Oc1ccccc1. The van der Waals surface area contributed by atoms with E-state index in [0.29, 0.717) is 0 Å². The summed E-state index contributed by atoms with van der Waals surface area (Å²) >= 11 is 0. The molecule has 3 aromatic carbocycles. The number of ether oxygens (including phenoxy) is 1. The largest absolute Gasteiger partial charge is 0.446 e. The average molecular weight is 455 g/mol. The summed E-state index contributed by atoms with van der Waals surface area (Å²) in [5.74, 6) is 0.0926. The van der Waals surface area contributed by atoms with Crippen LogP contribution in [0.4, 0.5) is 0 Å². The topological polar surface area (TPSA) is 72.8 Å². The smallest absolute Gasteiger partial charge is 0.382 e. The second kappa shape index (κ2) is 16.5. The predicted molar refractivity (Wildman–Crippen MR) is 132 cm³/mol. The Morgan fingerprint density at radius 1 is 0.688 bits per heavy atom. The molecule has 3 aromatic rings. The van der Waals surface area contributed by atoms with E-state index in [-0.39, 0.29) is 5.75 Å². The van der Waals surface area contributed by atoms with E-state index in [4.69, 9.17) is 9.29 Å². The van der Waals surface area contributed by atoms with Crippen LogP contribution in [-0.4, -0.2) is 26.2 Å². The lowest BCUT2D eigenvalue weighted by molar-refractivity contribution is 0.162. The third-order valence-electron chi connectivity index (χ3n) is 3.64. The summed E-state index contributed by atoms with van der Waals surface area (Å²) in [5.41, 5.74) is 2.44. The van der Waals surface area contributed by atoms with E-state index in [1.807, 2.05) is 50.2 Å². The van der Waals surface area contributed by atoms with Gasteiger partial charge in [0.1, 0.15) is 5.75 Å². The molecule has 0 unspecified atom stereocenters. The Bertz CT molecular complexity index is 950. The molecule has 0 aliphatic carbocycles. The van der Waals surface area contributed by atoms with Gasteiger partial charge in [-0.25, -0.2) is 0 Å². The third-order valence-corrected chi connectivity index (χ3v) is 4.04. The molecule has 0 atom stereocenters. The van der Waals surface area contributed by atoms with Gasteiger partial charge in [-0.15, -0.1) is 0 Å². The van der Waals surface area contributed by atoms with Gasteiger partial charge in [0.25, 0.3) is 0 Å². The van der Waals surface area contributed by atoms with E-state index in [2.05, 4.69) is 52.8 Å². The molecule has 170 valence electrons. The summed E-state index contributed by atoms with van der Waals surface area (Å²) in [7, 11) is -4.38. The molecule has 0 spiro atoms. The molecule has 5 nitrogen and oxygen atoms in total. The molecule has 0 aromatic heterocycles. The zero-order valence-corrected chi connectivity index (χ0v) is 19.2. The lowest BCUT2D eigenvalue weighted by atomic mass is 10.2. The minimum absolute atomic E-state index is 0.0926. The number of hydrogen-bond acceptors (Lipinski definition) is 4. The van der Waals surface area contributed by atoms with Gasteiger partial charge in [0.05, 0.1) is 0 Å². The molecule has 0 aliphatic heterocycles. The van der Waals surface area contributed by atoms with E-state index in [9.17, 15) is 8.42 Å². The van der Waals surface area contributed by atoms with Crippen molar-refractivity contribution >= 4 is 22.6 Å².